The van der Waals surface area contributed by atoms with E-state index in [9.17, 15) is 4.39 Å². The van der Waals surface area contributed by atoms with Gasteiger partial charge in [0, 0.05) is 18.8 Å². The zero-order valence-electron chi connectivity index (χ0n) is 9.04. The molecule has 0 unspecified atom stereocenters. The highest BCUT2D eigenvalue weighted by molar-refractivity contribution is 6.30. The summed E-state index contributed by atoms with van der Waals surface area (Å²) in [5.74, 6) is -0.142. The van der Waals surface area contributed by atoms with Crippen LogP contribution in [-0.4, -0.2) is 23.7 Å². The number of pyridine rings is 1. The average molecular weight is 245 g/mol. The highest BCUT2D eigenvalue weighted by Gasteiger charge is 2.30. The molecule has 1 saturated carbocycles. The van der Waals surface area contributed by atoms with Crippen molar-refractivity contribution in [3.8, 4) is 0 Å². The minimum Gasteiger partial charge on any atom is -0.378 e. The van der Waals surface area contributed by atoms with E-state index >= 15 is 0 Å². The summed E-state index contributed by atoms with van der Waals surface area (Å²) in [4.78, 5) is 3.91. The van der Waals surface area contributed by atoms with Gasteiger partial charge in [0.2, 0.25) is 0 Å². The molecule has 0 saturated heterocycles. The molecule has 0 aromatic carbocycles. The molecule has 0 spiro atoms. The number of anilines is 1. The van der Waals surface area contributed by atoms with E-state index in [1.54, 1.807) is 0 Å². The van der Waals surface area contributed by atoms with Crippen molar-refractivity contribution in [3.05, 3.63) is 23.1 Å². The molecule has 1 N–H and O–H groups in total. The Morgan fingerprint density at radius 2 is 2.38 bits per heavy atom. The minimum absolute atomic E-state index is 0.250. The van der Waals surface area contributed by atoms with Gasteiger partial charge in [-0.1, -0.05) is 11.6 Å². The molecule has 1 aromatic rings. The lowest BCUT2D eigenvalue weighted by Gasteiger charge is -2.35. The topological polar surface area (TPSA) is 34.1 Å². The number of nitrogens with zero attached hydrogens (tertiary/aromatic N) is 1. The lowest BCUT2D eigenvalue weighted by Crippen LogP contribution is -2.41. The molecule has 0 bridgehead atoms. The normalized spacial score (nSPS) is 23.9. The van der Waals surface area contributed by atoms with Gasteiger partial charge in [0.15, 0.2) is 11.6 Å². The smallest absolute Gasteiger partial charge is 0.166 e. The molecule has 2 rings (SSSR count). The zero-order valence-corrected chi connectivity index (χ0v) is 9.80. The quantitative estimate of drug-likeness (QED) is 0.884. The lowest BCUT2D eigenvalue weighted by molar-refractivity contribution is 0.00286. The predicted octanol–water partition coefficient (Wildman–Crippen LogP) is 2.85. The van der Waals surface area contributed by atoms with Gasteiger partial charge in [-0.15, -0.1) is 0 Å². The number of aromatic nitrogens is 1. The summed E-state index contributed by atoms with van der Waals surface area (Å²) in [5.41, 5.74) is 0. The maximum absolute atomic E-state index is 13.4. The molecule has 1 fully saturated rings. The second kappa shape index (κ2) is 4.97. The first-order valence-electron chi connectivity index (χ1n) is 5.38. The van der Waals surface area contributed by atoms with E-state index in [0.29, 0.717) is 11.1 Å². The van der Waals surface area contributed by atoms with E-state index in [1.807, 2.05) is 6.92 Å². The fraction of sp³-hybridized carbons (Fsp3) is 0.545. The van der Waals surface area contributed by atoms with Gasteiger partial charge in [0.1, 0.15) is 0 Å². The van der Waals surface area contributed by atoms with Crippen molar-refractivity contribution < 1.29 is 9.13 Å². The van der Waals surface area contributed by atoms with Crippen molar-refractivity contribution in [1.82, 2.24) is 4.98 Å². The molecule has 88 valence electrons. The minimum atomic E-state index is -0.410. The van der Waals surface area contributed by atoms with E-state index in [4.69, 9.17) is 16.3 Å². The van der Waals surface area contributed by atoms with Crippen LogP contribution in [0.25, 0.3) is 0 Å². The largest absolute Gasteiger partial charge is 0.378 e. The standard InChI is InChI=1S/C11H14ClFN2O/c1-2-16-9-4-8(5-9)15-11-10(13)3-7(12)6-14-11/h3,6,8-9H,2,4-5H2,1H3,(H,14,15). The second-order valence-corrected chi connectivity index (χ2v) is 4.31. The summed E-state index contributed by atoms with van der Waals surface area (Å²) in [6.07, 6.45) is 3.54. The molecule has 1 aromatic heterocycles. The Morgan fingerprint density at radius 3 is 3.00 bits per heavy atom. The summed E-state index contributed by atoms with van der Waals surface area (Å²) in [7, 11) is 0. The third-order valence-electron chi connectivity index (χ3n) is 2.65. The summed E-state index contributed by atoms with van der Waals surface area (Å²) >= 11 is 5.62. The molecule has 1 aliphatic rings. The van der Waals surface area contributed by atoms with Gasteiger partial charge >= 0.3 is 0 Å². The number of hydrogen-bond donors (Lipinski definition) is 1. The predicted molar refractivity (Wildman–Crippen MR) is 61.3 cm³/mol. The highest BCUT2D eigenvalue weighted by Crippen LogP contribution is 2.27. The van der Waals surface area contributed by atoms with Crippen molar-refractivity contribution in [2.24, 2.45) is 0 Å². The van der Waals surface area contributed by atoms with Crippen LogP contribution >= 0.6 is 11.6 Å². The van der Waals surface area contributed by atoms with Crippen molar-refractivity contribution in [1.29, 1.82) is 0 Å². The van der Waals surface area contributed by atoms with Crippen LogP contribution in [-0.2, 0) is 4.74 Å². The summed E-state index contributed by atoms with van der Waals surface area (Å²) in [6.45, 7) is 2.70. The lowest BCUT2D eigenvalue weighted by atomic mass is 9.89. The third-order valence-corrected chi connectivity index (χ3v) is 2.85. The molecule has 0 atom stereocenters. The molecule has 16 heavy (non-hydrogen) atoms. The highest BCUT2D eigenvalue weighted by atomic mass is 35.5. The molecular formula is C11H14ClFN2O. The van der Waals surface area contributed by atoms with Crippen LogP contribution in [0.1, 0.15) is 19.8 Å². The molecule has 0 amide bonds. The second-order valence-electron chi connectivity index (χ2n) is 3.87. The van der Waals surface area contributed by atoms with Crippen molar-refractivity contribution >= 4 is 17.4 Å². The summed E-state index contributed by atoms with van der Waals surface area (Å²) in [5, 5.41) is 3.35. The Bertz CT molecular complexity index is 369. The number of ether oxygens (including phenoxy) is 1. The maximum atomic E-state index is 13.4. The molecule has 3 nitrogen and oxygen atoms in total. The van der Waals surface area contributed by atoms with E-state index in [1.165, 1.54) is 12.3 Å². The van der Waals surface area contributed by atoms with Gasteiger partial charge in [-0.2, -0.15) is 0 Å². The van der Waals surface area contributed by atoms with E-state index in [0.717, 1.165) is 19.4 Å². The van der Waals surface area contributed by atoms with Crippen molar-refractivity contribution in [2.45, 2.75) is 31.9 Å². The van der Waals surface area contributed by atoms with E-state index in [-0.39, 0.29) is 11.9 Å². The monoisotopic (exact) mass is 244 g/mol. The number of nitrogens with one attached hydrogen (secondary N) is 1. The molecule has 1 heterocycles. The average Bonchev–Trinajstić information content (AvgIpc) is 2.18. The maximum Gasteiger partial charge on any atom is 0.166 e. The summed E-state index contributed by atoms with van der Waals surface area (Å²) in [6, 6.07) is 1.51. The van der Waals surface area contributed by atoms with Crippen molar-refractivity contribution in [3.63, 3.8) is 0 Å². The Kier molecular flexibility index (Phi) is 3.61. The number of rotatable bonds is 4. The number of hydrogen-bond acceptors (Lipinski definition) is 3. The Labute approximate surface area is 99.0 Å². The van der Waals surface area contributed by atoms with E-state index in [2.05, 4.69) is 10.3 Å². The Balaban J connectivity index is 1.87. The van der Waals surface area contributed by atoms with Crippen molar-refractivity contribution in [2.75, 3.05) is 11.9 Å². The van der Waals surface area contributed by atoms with Crippen LogP contribution in [0.2, 0.25) is 5.02 Å². The fourth-order valence-corrected chi connectivity index (χ4v) is 1.91. The van der Waals surface area contributed by atoms with Crippen LogP contribution in [0.4, 0.5) is 10.2 Å². The van der Waals surface area contributed by atoms with Crippen LogP contribution < -0.4 is 5.32 Å². The van der Waals surface area contributed by atoms with E-state index < -0.39 is 5.82 Å². The number of halogens is 2. The van der Waals surface area contributed by atoms with Gasteiger partial charge in [0.25, 0.3) is 0 Å². The molecular weight excluding hydrogens is 231 g/mol. The molecule has 5 heteroatoms. The van der Waals surface area contributed by atoms with Gasteiger partial charge in [-0.05, 0) is 25.8 Å². The van der Waals surface area contributed by atoms with Gasteiger partial charge < -0.3 is 10.1 Å². The van der Waals surface area contributed by atoms with Crippen LogP contribution in [0.3, 0.4) is 0 Å². The van der Waals surface area contributed by atoms with Crippen LogP contribution in [0, 0.1) is 5.82 Å². The fourth-order valence-electron chi connectivity index (χ4n) is 1.77. The van der Waals surface area contributed by atoms with Gasteiger partial charge in [-0.3, -0.25) is 0 Å². The first-order chi connectivity index (χ1) is 7.69. The van der Waals surface area contributed by atoms with Gasteiger partial charge in [0.05, 0.1) is 11.1 Å². The Morgan fingerprint density at radius 1 is 1.62 bits per heavy atom. The molecule has 0 radical (unpaired) electrons. The van der Waals surface area contributed by atoms with Crippen LogP contribution in [0.5, 0.6) is 0 Å². The zero-order chi connectivity index (χ0) is 11.5. The Hall–Kier alpha value is -0.870. The SMILES string of the molecule is CCOC1CC(Nc2ncc(Cl)cc2F)C1. The van der Waals surface area contributed by atoms with Crippen LogP contribution in [0.15, 0.2) is 12.3 Å². The third kappa shape index (κ3) is 2.62. The first-order valence-corrected chi connectivity index (χ1v) is 5.76. The summed E-state index contributed by atoms with van der Waals surface area (Å²) < 4.78 is 18.8. The molecule has 1 aliphatic carbocycles. The molecule has 0 aliphatic heterocycles. The first kappa shape index (κ1) is 11.6. The van der Waals surface area contributed by atoms with Gasteiger partial charge in [-0.25, -0.2) is 9.37 Å².